The Morgan fingerprint density at radius 3 is 2.83 bits per heavy atom. The predicted octanol–water partition coefficient (Wildman–Crippen LogP) is 1.42. The average molecular weight is 167 g/mol. The number of oxazole rings is 1. The molecule has 1 saturated carbocycles. The summed E-state index contributed by atoms with van der Waals surface area (Å²) in [6.45, 7) is 2.02. The third-order valence-corrected chi connectivity index (χ3v) is 2.23. The number of nitrogens with zero attached hydrogens (tertiary/aromatic N) is 1. The number of carboxylic acid groups (broad SMARTS) is 1. The fourth-order valence-corrected chi connectivity index (χ4v) is 1.05. The molecule has 1 aromatic heterocycles. The Morgan fingerprint density at radius 1 is 1.75 bits per heavy atom. The largest absolute Gasteiger partial charge is 0.475 e. The Bertz CT molecular complexity index is 325. The van der Waals surface area contributed by atoms with E-state index < -0.39 is 5.97 Å². The van der Waals surface area contributed by atoms with Gasteiger partial charge in [-0.3, -0.25) is 0 Å². The van der Waals surface area contributed by atoms with Gasteiger partial charge in [0.15, 0.2) is 0 Å². The van der Waals surface area contributed by atoms with Gasteiger partial charge in [0.05, 0.1) is 6.20 Å². The number of aromatic carboxylic acids is 1. The minimum atomic E-state index is -1.06. The zero-order chi connectivity index (χ0) is 8.77. The highest BCUT2D eigenvalue weighted by Gasteiger charge is 2.43. The number of carbonyl (C=O) groups is 1. The maximum Gasteiger partial charge on any atom is 0.373 e. The molecular formula is C8H9NO3. The van der Waals surface area contributed by atoms with Crippen LogP contribution in [0, 0.1) is 0 Å². The second-order valence-electron chi connectivity index (χ2n) is 3.40. The molecule has 1 heterocycles. The molecule has 2 rings (SSSR count). The Balaban J connectivity index is 2.30. The number of carboxylic acids is 1. The van der Waals surface area contributed by atoms with Crippen molar-refractivity contribution in [2.45, 2.75) is 25.2 Å². The fraction of sp³-hybridized carbons (Fsp3) is 0.500. The first-order valence-electron chi connectivity index (χ1n) is 3.81. The van der Waals surface area contributed by atoms with Crippen molar-refractivity contribution in [1.82, 2.24) is 4.98 Å². The van der Waals surface area contributed by atoms with Gasteiger partial charge >= 0.3 is 5.97 Å². The van der Waals surface area contributed by atoms with Crippen molar-refractivity contribution in [2.75, 3.05) is 0 Å². The Morgan fingerprint density at radius 2 is 2.42 bits per heavy atom. The minimum absolute atomic E-state index is 0.00764. The highest BCUT2D eigenvalue weighted by Crippen LogP contribution is 2.46. The van der Waals surface area contributed by atoms with Crippen LogP contribution < -0.4 is 0 Å². The normalized spacial score (nSPS) is 19.1. The zero-order valence-corrected chi connectivity index (χ0v) is 6.70. The van der Waals surface area contributed by atoms with E-state index >= 15 is 0 Å². The summed E-state index contributed by atoms with van der Waals surface area (Å²) in [7, 11) is 0. The molecule has 4 nitrogen and oxygen atoms in total. The predicted molar refractivity (Wildman–Crippen MR) is 40.0 cm³/mol. The number of hydrogen-bond donors (Lipinski definition) is 1. The van der Waals surface area contributed by atoms with Crippen LogP contribution >= 0.6 is 0 Å². The van der Waals surface area contributed by atoms with Gasteiger partial charge in [0.2, 0.25) is 11.7 Å². The molecule has 12 heavy (non-hydrogen) atoms. The number of hydrogen-bond acceptors (Lipinski definition) is 3. The van der Waals surface area contributed by atoms with Crippen LogP contribution in [0.25, 0.3) is 0 Å². The van der Waals surface area contributed by atoms with Gasteiger partial charge in [0, 0.05) is 5.41 Å². The highest BCUT2D eigenvalue weighted by atomic mass is 16.4. The Hall–Kier alpha value is -1.32. The summed E-state index contributed by atoms with van der Waals surface area (Å²) in [5.74, 6) is -0.573. The zero-order valence-electron chi connectivity index (χ0n) is 6.70. The van der Waals surface area contributed by atoms with E-state index in [9.17, 15) is 4.79 Å². The van der Waals surface area contributed by atoms with E-state index in [0.29, 0.717) is 5.89 Å². The molecule has 0 atom stereocenters. The van der Waals surface area contributed by atoms with Crippen LogP contribution in [0.3, 0.4) is 0 Å². The van der Waals surface area contributed by atoms with E-state index in [1.54, 1.807) is 0 Å². The van der Waals surface area contributed by atoms with E-state index in [-0.39, 0.29) is 11.2 Å². The molecule has 0 radical (unpaired) electrons. The van der Waals surface area contributed by atoms with Crippen LogP contribution in [0.1, 0.15) is 36.2 Å². The lowest BCUT2D eigenvalue weighted by molar-refractivity contribution is 0.0659. The van der Waals surface area contributed by atoms with Crippen LogP contribution in [-0.4, -0.2) is 16.1 Å². The molecule has 0 unspecified atom stereocenters. The minimum Gasteiger partial charge on any atom is -0.475 e. The molecular weight excluding hydrogens is 158 g/mol. The molecule has 0 bridgehead atoms. The summed E-state index contributed by atoms with van der Waals surface area (Å²) in [6, 6.07) is 0. The third-order valence-electron chi connectivity index (χ3n) is 2.23. The van der Waals surface area contributed by atoms with Crippen molar-refractivity contribution < 1.29 is 14.3 Å². The molecule has 64 valence electrons. The van der Waals surface area contributed by atoms with E-state index in [4.69, 9.17) is 9.52 Å². The first kappa shape index (κ1) is 7.34. The summed E-state index contributed by atoms with van der Waals surface area (Å²) in [6.07, 6.45) is 3.33. The van der Waals surface area contributed by atoms with Gasteiger partial charge in [0.1, 0.15) is 0 Å². The van der Waals surface area contributed by atoms with E-state index in [1.165, 1.54) is 6.20 Å². The van der Waals surface area contributed by atoms with Gasteiger partial charge in [-0.2, -0.15) is 0 Å². The van der Waals surface area contributed by atoms with Crippen LogP contribution in [0.15, 0.2) is 10.6 Å². The summed E-state index contributed by atoms with van der Waals surface area (Å²) in [5, 5.41) is 8.55. The summed E-state index contributed by atoms with van der Waals surface area (Å²) in [4.78, 5) is 14.4. The maximum absolute atomic E-state index is 10.4. The van der Waals surface area contributed by atoms with Gasteiger partial charge in [-0.25, -0.2) is 9.78 Å². The lowest BCUT2D eigenvalue weighted by atomic mass is 10.1. The van der Waals surface area contributed by atoms with Gasteiger partial charge in [0.25, 0.3) is 0 Å². The van der Waals surface area contributed by atoms with Gasteiger partial charge in [-0.15, -0.1) is 0 Å². The summed E-state index contributed by atoms with van der Waals surface area (Å²) >= 11 is 0. The smallest absolute Gasteiger partial charge is 0.373 e. The van der Waals surface area contributed by atoms with Crippen molar-refractivity contribution in [3.8, 4) is 0 Å². The lowest BCUT2D eigenvalue weighted by Crippen LogP contribution is -1.99. The van der Waals surface area contributed by atoms with Gasteiger partial charge in [-0.1, -0.05) is 6.92 Å². The Labute approximate surface area is 69.2 Å². The second kappa shape index (κ2) is 2.09. The van der Waals surface area contributed by atoms with Gasteiger partial charge < -0.3 is 9.52 Å². The SMILES string of the molecule is CC1(c2ncc(C(=O)O)o2)CC1. The molecule has 0 saturated heterocycles. The van der Waals surface area contributed by atoms with Crippen LogP contribution in [0.2, 0.25) is 0 Å². The molecule has 1 fully saturated rings. The van der Waals surface area contributed by atoms with Gasteiger partial charge in [-0.05, 0) is 12.8 Å². The van der Waals surface area contributed by atoms with Crippen molar-refractivity contribution >= 4 is 5.97 Å². The number of rotatable bonds is 2. The fourth-order valence-electron chi connectivity index (χ4n) is 1.05. The monoisotopic (exact) mass is 167 g/mol. The highest BCUT2D eigenvalue weighted by molar-refractivity contribution is 5.83. The standard InChI is InChI=1S/C8H9NO3/c1-8(2-3-8)7-9-4-5(12-7)6(10)11/h4H,2-3H2,1H3,(H,10,11). The molecule has 1 aliphatic carbocycles. The van der Waals surface area contributed by atoms with E-state index in [0.717, 1.165) is 12.8 Å². The summed E-state index contributed by atoms with van der Waals surface area (Å²) < 4.78 is 5.06. The van der Waals surface area contributed by atoms with E-state index in [2.05, 4.69) is 4.98 Å². The van der Waals surface area contributed by atoms with Crippen LogP contribution in [-0.2, 0) is 5.41 Å². The molecule has 0 spiro atoms. The molecule has 4 heteroatoms. The first-order chi connectivity index (χ1) is 5.62. The maximum atomic E-state index is 10.4. The molecule has 0 amide bonds. The van der Waals surface area contributed by atoms with Crippen LogP contribution in [0.5, 0.6) is 0 Å². The summed E-state index contributed by atoms with van der Waals surface area (Å²) in [5.41, 5.74) is 0.00764. The van der Waals surface area contributed by atoms with Crippen molar-refractivity contribution in [3.05, 3.63) is 17.8 Å². The first-order valence-corrected chi connectivity index (χ1v) is 3.81. The second-order valence-corrected chi connectivity index (χ2v) is 3.40. The van der Waals surface area contributed by atoms with Crippen molar-refractivity contribution in [1.29, 1.82) is 0 Å². The quantitative estimate of drug-likeness (QED) is 0.723. The molecule has 0 aromatic carbocycles. The van der Waals surface area contributed by atoms with Crippen molar-refractivity contribution in [2.24, 2.45) is 0 Å². The molecule has 1 aromatic rings. The third kappa shape index (κ3) is 0.995. The Kier molecular flexibility index (Phi) is 1.28. The number of aromatic nitrogens is 1. The molecule has 1 N–H and O–H groups in total. The average Bonchev–Trinajstić information content (AvgIpc) is 2.61. The molecule has 1 aliphatic rings. The van der Waals surface area contributed by atoms with Crippen molar-refractivity contribution in [3.63, 3.8) is 0 Å². The van der Waals surface area contributed by atoms with E-state index in [1.807, 2.05) is 6.92 Å². The topological polar surface area (TPSA) is 63.3 Å². The lowest BCUT2D eigenvalue weighted by Gasteiger charge is -1.98. The van der Waals surface area contributed by atoms with Crippen LogP contribution in [0.4, 0.5) is 0 Å². The molecule has 0 aliphatic heterocycles.